The van der Waals surface area contributed by atoms with Crippen LogP contribution in [0.25, 0.3) is 10.2 Å². The zero-order valence-electron chi connectivity index (χ0n) is 20.6. The summed E-state index contributed by atoms with van der Waals surface area (Å²) in [4.78, 5) is 17.0. The predicted molar refractivity (Wildman–Crippen MR) is 148 cm³/mol. The van der Waals surface area contributed by atoms with E-state index in [4.69, 9.17) is 26.6 Å². The average molecular weight is 553 g/mol. The Bertz CT molecular complexity index is 1590. The molecule has 0 fully saturated rings. The highest BCUT2D eigenvalue weighted by molar-refractivity contribution is 7.89. The van der Waals surface area contributed by atoms with E-state index in [-0.39, 0.29) is 35.8 Å². The Morgan fingerprint density at radius 3 is 2.61 bits per heavy atom. The first-order valence-corrected chi connectivity index (χ1v) is 14.0. The minimum Gasteiger partial charge on any atom is -0.497 e. The number of amidine groups is 1. The number of hydrogen-bond donors (Lipinski definition) is 5. The number of fused-ring (bicyclic) bond motifs is 1. The quantitative estimate of drug-likeness (QED) is 0.140. The molecule has 0 saturated carbocycles. The van der Waals surface area contributed by atoms with Crippen molar-refractivity contribution in [3.63, 3.8) is 0 Å². The van der Waals surface area contributed by atoms with Crippen LogP contribution in [-0.2, 0) is 16.4 Å². The molecule has 3 aromatic carbocycles. The summed E-state index contributed by atoms with van der Waals surface area (Å²) in [5.74, 6) is 0.176. The van der Waals surface area contributed by atoms with E-state index in [0.29, 0.717) is 21.8 Å². The Labute approximate surface area is 224 Å². The number of nitrogen functional groups attached to an aromatic ring is 1. The third-order valence-corrected chi connectivity index (χ3v) is 8.32. The summed E-state index contributed by atoms with van der Waals surface area (Å²) in [6, 6.07) is 17.6. The smallest absolute Gasteiger partial charge is 0.251 e. The number of nitrogens with two attached hydrogens (primary N) is 2. The molecule has 12 heteroatoms. The van der Waals surface area contributed by atoms with E-state index in [1.807, 2.05) is 18.2 Å². The van der Waals surface area contributed by atoms with Crippen LogP contribution in [0, 0.1) is 5.41 Å². The van der Waals surface area contributed by atoms with Crippen molar-refractivity contribution in [2.45, 2.75) is 17.4 Å². The molecule has 4 aromatic rings. The molecular weight excluding hydrogens is 524 g/mol. The molecule has 0 saturated heterocycles. The van der Waals surface area contributed by atoms with Crippen molar-refractivity contribution < 1.29 is 17.9 Å². The number of carbonyl (C=O) groups is 1. The van der Waals surface area contributed by atoms with Gasteiger partial charge in [0.25, 0.3) is 5.91 Å². The van der Waals surface area contributed by atoms with Gasteiger partial charge in [0.05, 0.1) is 28.3 Å². The van der Waals surface area contributed by atoms with Gasteiger partial charge in [0, 0.05) is 24.2 Å². The summed E-state index contributed by atoms with van der Waals surface area (Å²) in [6.45, 7) is 0.545. The van der Waals surface area contributed by atoms with E-state index in [0.717, 1.165) is 10.3 Å². The number of thiazole rings is 1. The third-order valence-electron chi connectivity index (χ3n) is 5.72. The Kier molecular flexibility index (Phi) is 8.37. The lowest BCUT2D eigenvalue weighted by Gasteiger charge is -2.18. The summed E-state index contributed by atoms with van der Waals surface area (Å²) >= 11 is 1.36. The van der Waals surface area contributed by atoms with Gasteiger partial charge in [0.1, 0.15) is 16.6 Å². The number of rotatable bonds is 11. The van der Waals surface area contributed by atoms with Gasteiger partial charge in [0.15, 0.2) is 0 Å². The molecule has 198 valence electrons. The van der Waals surface area contributed by atoms with Gasteiger partial charge in [-0.05, 0) is 54.4 Å². The first-order chi connectivity index (χ1) is 18.2. The maximum absolute atomic E-state index is 13.5. The van der Waals surface area contributed by atoms with Crippen molar-refractivity contribution in [3.05, 3.63) is 88.4 Å². The standard InChI is InChI=1S/C26H28N6O4S2/c1-36-19-8-9-21-23(15-19)37-26(31-21)22(13-16-4-2-5-17(12-16)24(28)29)32-38(34,35)20-7-3-6-18(14-20)25(33)30-11-10-27/h2-9,12,14-15,22,32H,10-11,13,27H2,1H3,(H3,28,29)(H,30,33)/t22-/m1/s1. The number of ether oxygens (including phenoxy) is 1. The van der Waals surface area contributed by atoms with Crippen molar-refractivity contribution in [2.75, 3.05) is 20.2 Å². The van der Waals surface area contributed by atoms with Gasteiger partial charge in [-0.2, -0.15) is 0 Å². The van der Waals surface area contributed by atoms with E-state index in [2.05, 4.69) is 10.0 Å². The van der Waals surface area contributed by atoms with Gasteiger partial charge in [-0.3, -0.25) is 10.2 Å². The van der Waals surface area contributed by atoms with E-state index >= 15 is 0 Å². The SMILES string of the molecule is COc1ccc2nc([C@@H](Cc3cccc(C(=N)N)c3)NS(=O)(=O)c3cccc(C(=O)NCCN)c3)sc2c1. The lowest BCUT2D eigenvalue weighted by atomic mass is 10.0. The van der Waals surface area contributed by atoms with Crippen LogP contribution in [0.15, 0.2) is 71.6 Å². The van der Waals surface area contributed by atoms with E-state index < -0.39 is 22.0 Å². The topological polar surface area (TPSA) is 173 Å². The zero-order chi connectivity index (χ0) is 27.3. The van der Waals surface area contributed by atoms with Gasteiger partial charge in [0.2, 0.25) is 10.0 Å². The second-order valence-corrected chi connectivity index (χ2v) is 11.2. The van der Waals surface area contributed by atoms with Gasteiger partial charge in [-0.15, -0.1) is 11.3 Å². The van der Waals surface area contributed by atoms with Crippen LogP contribution >= 0.6 is 11.3 Å². The number of methoxy groups -OCH3 is 1. The summed E-state index contributed by atoms with van der Waals surface area (Å²) in [5, 5.41) is 10.9. The van der Waals surface area contributed by atoms with E-state index in [9.17, 15) is 13.2 Å². The maximum Gasteiger partial charge on any atom is 0.251 e. The Balaban J connectivity index is 1.71. The number of aromatic nitrogens is 1. The van der Waals surface area contributed by atoms with Crippen LogP contribution in [0.2, 0.25) is 0 Å². The van der Waals surface area contributed by atoms with Crippen molar-refractivity contribution >= 4 is 43.3 Å². The number of hydrogen-bond acceptors (Lipinski definition) is 8. The number of amides is 1. The summed E-state index contributed by atoms with van der Waals surface area (Å²) in [7, 11) is -2.48. The molecule has 38 heavy (non-hydrogen) atoms. The lowest BCUT2D eigenvalue weighted by Crippen LogP contribution is -2.31. The highest BCUT2D eigenvalue weighted by Gasteiger charge is 2.26. The molecule has 10 nitrogen and oxygen atoms in total. The van der Waals surface area contributed by atoms with Crippen LogP contribution in [0.5, 0.6) is 5.75 Å². The third kappa shape index (κ3) is 6.34. The molecule has 0 spiro atoms. The van der Waals surface area contributed by atoms with Gasteiger partial charge < -0.3 is 21.5 Å². The zero-order valence-corrected chi connectivity index (χ0v) is 22.2. The maximum atomic E-state index is 13.5. The van der Waals surface area contributed by atoms with Gasteiger partial charge >= 0.3 is 0 Å². The summed E-state index contributed by atoms with van der Waals surface area (Å²) < 4.78 is 36.0. The number of carbonyl (C=O) groups excluding carboxylic acids is 1. The fourth-order valence-corrected chi connectivity index (χ4v) is 6.19. The minimum atomic E-state index is -4.06. The molecule has 0 radical (unpaired) electrons. The Morgan fingerprint density at radius 1 is 1.11 bits per heavy atom. The molecule has 0 aliphatic heterocycles. The first-order valence-electron chi connectivity index (χ1n) is 11.7. The van der Waals surface area contributed by atoms with Crippen LogP contribution in [0.4, 0.5) is 0 Å². The highest BCUT2D eigenvalue weighted by Crippen LogP contribution is 2.32. The molecule has 0 aliphatic carbocycles. The molecule has 0 aliphatic rings. The summed E-state index contributed by atoms with van der Waals surface area (Å²) in [5.41, 5.74) is 13.3. The average Bonchev–Trinajstić information content (AvgIpc) is 3.35. The minimum absolute atomic E-state index is 0.0526. The molecular formula is C26H28N6O4S2. The van der Waals surface area contributed by atoms with Crippen molar-refractivity contribution in [2.24, 2.45) is 11.5 Å². The number of sulfonamides is 1. The van der Waals surface area contributed by atoms with E-state index in [1.165, 1.54) is 35.6 Å². The van der Waals surface area contributed by atoms with Crippen LogP contribution in [0.1, 0.15) is 32.5 Å². The Hall–Kier alpha value is -3.84. The fraction of sp³-hybridized carbons (Fsp3) is 0.192. The van der Waals surface area contributed by atoms with Gasteiger partial charge in [-0.1, -0.05) is 24.3 Å². The molecule has 4 rings (SSSR count). The molecule has 1 aromatic heterocycles. The molecule has 0 bridgehead atoms. The number of nitrogens with zero attached hydrogens (tertiary/aromatic N) is 1. The van der Waals surface area contributed by atoms with Crippen LogP contribution in [0.3, 0.4) is 0 Å². The predicted octanol–water partition coefficient (Wildman–Crippen LogP) is 2.54. The Morgan fingerprint density at radius 2 is 1.87 bits per heavy atom. The molecule has 0 unspecified atom stereocenters. The lowest BCUT2D eigenvalue weighted by molar-refractivity contribution is 0.0954. The van der Waals surface area contributed by atoms with Crippen LogP contribution in [-0.4, -0.2) is 45.3 Å². The fourth-order valence-electron chi connectivity index (χ4n) is 3.83. The van der Waals surface area contributed by atoms with Crippen molar-refractivity contribution in [1.82, 2.24) is 15.0 Å². The summed E-state index contributed by atoms with van der Waals surface area (Å²) in [6.07, 6.45) is 0.258. The van der Waals surface area contributed by atoms with Crippen molar-refractivity contribution in [1.29, 1.82) is 5.41 Å². The molecule has 1 atom stereocenters. The molecule has 1 amide bonds. The largest absolute Gasteiger partial charge is 0.497 e. The second-order valence-electron chi connectivity index (χ2n) is 8.45. The number of benzene rings is 3. The highest BCUT2D eigenvalue weighted by atomic mass is 32.2. The van der Waals surface area contributed by atoms with Crippen molar-refractivity contribution in [3.8, 4) is 5.75 Å². The van der Waals surface area contributed by atoms with Gasteiger partial charge in [-0.25, -0.2) is 18.1 Å². The second kappa shape index (κ2) is 11.7. The normalized spacial score (nSPS) is 12.3. The monoisotopic (exact) mass is 552 g/mol. The number of nitrogens with one attached hydrogen (secondary N) is 3. The van der Waals surface area contributed by atoms with E-state index in [1.54, 1.807) is 31.4 Å². The molecule has 1 heterocycles. The van der Waals surface area contributed by atoms with Crippen LogP contribution < -0.4 is 26.2 Å². The molecule has 7 N–H and O–H groups in total. The first kappa shape index (κ1) is 27.2.